The Balaban J connectivity index is 1.28. The Labute approximate surface area is 197 Å². The van der Waals surface area contributed by atoms with Crippen LogP contribution in [-0.4, -0.2) is 42.0 Å². The van der Waals surface area contributed by atoms with Crippen molar-refractivity contribution in [2.24, 2.45) is 0 Å². The molecule has 0 radical (unpaired) electrons. The number of nitrogens with zero attached hydrogens (tertiary/aromatic N) is 3. The van der Waals surface area contributed by atoms with Crippen molar-refractivity contribution in [2.75, 3.05) is 31.2 Å². The van der Waals surface area contributed by atoms with Gasteiger partial charge in [0.25, 0.3) is 0 Å². The summed E-state index contributed by atoms with van der Waals surface area (Å²) in [5, 5.41) is 1.06. The highest BCUT2D eigenvalue weighted by molar-refractivity contribution is 6.35. The van der Waals surface area contributed by atoms with E-state index in [4.69, 9.17) is 37.4 Å². The summed E-state index contributed by atoms with van der Waals surface area (Å²) in [6, 6.07) is 13.6. The van der Waals surface area contributed by atoms with Crippen LogP contribution < -0.4 is 9.64 Å². The van der Waals surface area contributed by atoms with Gasteiger partial charge in [-0.3, -0.25) is 0 Å². The predicted octanol–water partition coefficient (Wildman–Crippen LogP) is 5.14. The fourth-order valence-electron chi connectivity index (χ4n) is 4.29. The van der Waals surface area contributed by atoms with E-state index in [1.54, 1.807) is 24.7 Å². The number of anilines is 1. The Morgan fingerprint density at radius 3 is 2.62 bits per heavy atom. The number of hydrogen-bond donors (Lipinski definition) is 0. The largest absolute Gasteiger partial charge is 0.491 e. The number of benzene rings is 2. The summed E-state index contributed by atoms with van der Waals surface area (Å²) in [6.45, 7) is 3.42. The second kappa shape index (κ2) is 9.32. The Morgan fingerprint density at radius 2 is 1.91 bits per heavy atom. The maximum absolute atomic E-state index is 6.52. The van der Waals surface area contributed by atoms with Gasteiger partial charge in [0.05, 0.1) is 24.5 Å². The summed E-state index contributed by atoms with van der Waals surface area (Å²) in [5.74, 6) is -0.232. The first-order valence-electron chi connectivity index (χ1n) is 10.8. The maximum Gasteiger partial charge on any atom is 0.215 e. The number of rotatable bonds is 7. The normalized spacial score (nSPS) is 23.1. The molecule has 0 saturated carbocycles. The number of hydrogen-bond acceptors (Lipinski definition) is 5. The number of aromatic nitrogens is 2. The van der Waals surface area contributed by atoms with Gasteiger partial charge in [-0.2, -0.15) is 0 Å². The molecular formula is C24H25Cl2N3O3. The molecule has 8 heteroatoms. The number of imidazole rings is 1. The van der Waals surface area contributed by atoms with E-state index in [-0.39, 0.29) is 6.10 Å². The lowest BCUT2D eigenvalue weighted by atomic mass is 10.1. The highest BCUT2D eigenvalue weighted by Gasteiger charge is 2.45. The van der Waals surface area contributed by atoms with Crippen molar-refractivity contribution < 1.29 is 14.2 Å². The van der Waals surface area contributed by atoms with Gasteiger partial charge in [0.2, 0.25) is 5.79 Å². The van der Waals surface area contributed by atoms with Crippen LogP contribution in [0.25, 0.3) is 0 Å². The van der Waals surface area contributed by atoms with Gasteiger partial charge in [-0.25, -0.2) is 4.98 Å². The second-order valence-electron chi connectivity index (χ2n) is 8.16. The fraction of sp³-hybridized carbons (Fsp3) is 0.375. The first-order valence-corrected chi connectivity index (χ1v) is 11.6. The van der Waals surface area contributed by atoms with Crippen LogP contribution in [0.3, 0.4) is 0 Å². The van der Waals surface area contributed by atoms with Crippen LogP contribution in [-0.2, 0) is 21.8 Å². The van der Waals surface area contributed by atoms with E-state index < -0.39 is 5.79 Å². The van der Waals surface area contributed by atoms with Gasteiger partial charge in [0, 0.05) is 41.8 Å². The van der Waals surface area contributed by atoms with Crippen molar-refractivity contribution in [3.05, 3.63) is 76.8 Å². The molecule has 2 aromatic carbocycles. The molecule has 5 rings (SSSR count). The number of halogens is 2. The Morgan fingerprint density at radius 1 is 1.09 bits per heavy atom. The van der Waals surface area contributed by atoms with Crippen LogP contribution >= 0.6 is 23.2 Å². The van der Waals surface area contributed by atoms with Crippen LogP contribution in [0.2, 0.25) is 10.0 Å². The SMILES string of the molecule is Clc1ccc([C@]2(Cn3ccnc3)OC[C@@H](COc3ccc(N4CCCC4)cc3)O2)c(Cl)c1. The minimum absolute atomic E-state index is 0.247. The molecule has 0 spiro atoms. The Bertz CT molecular complexity index is 1040. The van der Waals surface area contributed by atoms with Crippen LogP contribution in [0.4, 0.5) is 5.69 Å². The molecule has 2 aliphatic heterocycles. The lowest BCUT2D eigenvalue weighted by Crippen LogP contribution is -2.34. The van der Waals surface area contributed by atoms with Crippen LogP contribution in [0, 0.1) is 0 Å². The first kappa shape index (κ1) is 21.6. The van der Waals surface area contributed by atoms with Gasteiger partial charge in [-0.15, -0.1) is 0 Å². The molecule has 2 aliphatic rings. The third-order valence-electron chi connectivity index (χ3n) is 5.89. The molecule has 0 N–H and O–H groups in total. The smallest absolute Gasteiger partial charge is 0.215 e. The molecule has 32 heavy (non-hydrogen) atoms. The number of ether oxygens (including phenoxy) is 3. The van der Waals surface area contributed by atoms with E-state index >= 15 is 0 Å². The zero-order valence-electron chi connectivity index (χ0n) is 17.6. The van der Waals surface area contributed by atoms with Crippen molar-refractivity contribution in [2.45, 2.75) is 31.3 Å². The standard InChI is InChI=1S/C24H25Cl2N3O3/c25-18-3-8-22(23(26)13-18)24(16-28-12-9-27-17-28)31-15-21(32-24)14-30-20-6-4-19(5-7-20)29-10-1-2-11-29/h3-9,12-13,17,21H,1-2,10-11,14-16H2/t21-,24-/m1/s1. The van der Waals surface area contributed by atoms with Gasteiger partial charge in [-0.05, 0) is 49.2 Å². The van der Waals surface area contributed by atoms with Gasteiger partial charge in [-0.1, -0.05) is 29.3 Å². The van der Waals surface area contributed by atoms with E-state index in [0.717, 1.165) is 24.4 Å². The highest BCUT2D eigenvalue weighted by Crippen LogP contribution is 2.40. The second-order valence-corrected chi connectivity index (χ2v) is 9.01. The Kier molecular flexibility index (Phi) is 6.28. The molecule has 1 aromatic heterocycles. The molecule has 168 valence electrons. The monoisotopic (exact) mass is 473 g/mol. The summed E-state index contributed by atoms with van der Waals surface area (Å²) in [4.78, 5) is 6.53. The van der Waals surface area contributed by atoms with Crippen molar-refractivity contribution >= 4 is 28.9 Å². The third-order valence-corrected chi connectivity index (χ3v) is 6.44. The average molecular weight is 474 g/mol. The van der Waals surface area contributed by atoms with Crippen molar-refractivity contribution in [1.29, 1.82) is 0 Å². The summed E-state index contributed by atoms with van der Waals surface area (Å²) in [6.07, 6.45) is 7.58. The van der Waals surface area contributed by atoms with Crippen molar-refractivity contribution in [1.82, 2.24) is 9.55 Å². The fourth-order valence-corrected chi connectivity index (χ4v) is 4.85. The topological polar surface area (TPSA) is 48.8 Å². The molecule has 3 aromatic rings. The average Bonchev–Trinajstić information content (AvgIpc) is 3.56. The van der Waals surface area contributed by atoms with Crippen molar-refractivity contribution in [3.63, 3.8) is 0 Å². The molecule has 3 heterocycles. The van der Waals surface area contributed by atoms with E-state index in [2.05, 4.69) is 22.0 Å². The third kappa shape index (κ3) is 4.59. The molecule has 6 nitrogen and oxygen atoms in total. The van der Waals surface area contributed by atoms with Gasteiger partial charge in [0.15, 0.2) is 0 Å². The van der Waals surface area contributed by atoms with Crippen LogP contribution in [0.5, 0.6) is 5.75 Å². The van der Waals surface area contributed by atoms with Gasteiger partial charge < -0.3 is 23.7 Å². The van der Waals surface area contributed by atoms with E-state index in [9.17, 15) is 0 Å². The molecule has 0 aliphatic carbocycles. The molecule has 2 saturated heterocycles. The summed E-state index contributed by atoms with van der Waals surface area (Å²) in [7, 11) is 0. The summed E-state index contributed by atoms with van der Waals surface area (Å²) in [5.41, 5.74) is 1.97. The highest BCUT2D eigenvalue weighted by atomic mass is 35.5. The van der Waals surface area contributed by atoms with Gasteiger partial charge in [0.1, 0.15) is 18.5 Å². The minimum atomic E-state index is -1.05. The van der Waals surface area contributed by atoms with E-state index in [1.165, 1.54) is 18.5 Å². The molecule has 0 amide bonds. The van der Waals surface area contributed by atoms with Crippen LogP contribution in [0.15, 0.2) is 61.2 Å². The lowest BCUT2D eigenvalue weighted by molar-refractivity contribution is -0.189. The molecular weight excluding hydrogens is 449 g/mol. The van der Waals surface area contributed by atoms with Gasteiger partial charge >= 0.3 is 0 Å². The Hall–Kier alpha value is -2.25. The molecule has 0 bridgehead atoms. The quantitative estimate of drug-likeness (QED) is 0.475. The zero-order chi connectivity index (χ0) is 22.0. The van der Waals surface area contributed by atoms with Crippen molar-refractivity contribution in [3.8, 4) is 5.75 Å². The lowest BCUT2D eigenvalue weighted by Gasteiger charge is -2.30. The summed E-state index contributed by atoms with van der Waals surface area (Å²) >= 11 is 12.6. The van der Waals surface area contributed by atoms with Crippen LogP contribution in [0.1, 0.15) is 18.4 Å². The zero-order valence-corrected chi connectivity index (χ0v) is 19.1. The predicted molar refractivity (Wildman–Crippen MR) is 125 cm³/mol. The molecule has 2 fully saturated rings. The van der Waals surface area contributed by atoms with E-state index in [1.807, 2.05) is 29.0 Å². The molecule has 2 atom stereocenters. The minimum Gasteiger partial charge on any atom is -0.491 e. The summed E-state index contributed by atoms with van der Waals surface area (Å²) < 4.78 is 20.6. The van der Waals surface area contributed by atoms with E-state index in [0.29, 0.717) is 29.8 Å². The molecule has 0 unspecified atom stereocenters. The first-order chi connectivity index (χ1) is 15.6. The maximum atomic E-state index is 6.52.